The van der Waals surface area contributed by atoms with E-state index in [1.807, 2.05) is 0 Å². The Bertz CT molecular complexity index is 94.0. The SMILES string of the molecule is CCCC(C)N(O)C(C)CCC. The topological polar surface area (TPSA) is 23.5 Å². The van der Waals surface area contributed by atoms with Crippen LogP contribution >= 0.6 is 0 Å². The second-order valence-corrected chi connectivity index (χ2v) is 3.66. The summed E-state index contributed by atoms with van der Waals surface area (Å²) in [6.07, 6.45) is 4.42. The summed E-state index contributed by atoms with van der Waals surface area (Å²) in [5.41, 5.74) is 0. The van der Waals surface area contributed by atoms with Crippen molar-refractivity contribution < 1.29 is 5.21 Å². The van der Waals surface area contributed by atoms with Crippen molar-refractivity contribution in [2.75, 3.05) is 0 Å². The zero-order valence-corrected chi connectivity index (χ0v) is 8.88. The maximum absolute atomic E-state index is 9.68. The number of hydrogen-bond donors (Lipinski definition) is 1. The van der Waals surface area contributed by atoms with E-state index in [9.17, 15) is 5.21 Å². The Kier molecular flexibility index (Phi) is 6.39. The average molecular weight is 173 g/mol. The molecule has 0 aliphatic heterocycles. The molecular formula is C10H23NO. The van der Waals surface area contributed by atoms with E-state index >= 15 is 0 Å². The Balaban J connectivity index is 3.73. The van der Waals surface area contributed by atoms with Gasteiger partial charge in [-0.1, -0.05) is 26.7 Å². The lowest BCUT2D eigenvalue weighted by molar-refractivity contribution is -0.154. The van der Waals surface area contributed by atoms with E-state index in [2.05, 4.69) is 27.7 Å². The van der Waals surface area contributed by atoms with Crippen molar-refractivity contribution in [1.29, 1.82) is 0 Å². The van der Waals surface area contributed by atoms with Crippen molar-refractivity contribution in [3.63, 3.8) is 0 Å². The molecule has 2 atom stereocenters. The molecule has 2 heteroatoms. The molecule has 12 heavy (non-hydrogen) atoms. The summed E-state index contributed by atoms with van der Waals surface area (Å²) in [5, 5.41) is 11.2. The fourth-order valence-corrected chi connectivity index (χ4v) is 1.53. The normalized spacial score (nSPS) is 16.5. The molecule has 0 aromatic heterocycles. The van der Waals surface area contributed by atoms with Gasteiger partial charge in [0.25, 0.3) is 0 Å². The van der Waals surface area contributed by atoms with E-state index in [1.165, 1.54) is 5.06 Å². The molecule has 0 bridgehead atoms. The number of hydrogen-bond acceptors (Lipinski definition) is 2. The summed E-state index contributed by atoms with van der Waals surface area (Å²) in [6.45, 7) is 8.45. The van der Waals surface area contributed by atoms with Gasteiger partial charge in [-0.25, -0.2) is 0 Å². The van der Waals surface area contributed by atoms with Crippen molar-refractivity contribution in [2.45, 2.75) is 65.5 Å². The van der Waals surface area contributed by atoms with Crippen LogP contribution in [0.15, 0.2) is 0 Å². The molecule has 0 spiro atoms. The number of hydroxylamine groups is 2. The molecule has 0 radical (unpaired) electrons. The van der Waals surface area contributed by atoms with Gasteiger partial charge in [0.15, 0.2) is 0 Å². The van der Waals surface area contributed by atoms with Gasteiger partial charge in [0.1, 0.15) is 0 Å². The molecule has 0 rings (SSSR count). The first-order valence-corrected chi connectivity index (χ1v) is 5.10. The third-order valence-electron chi connectivity index (χ3n) is 2.32. The van der Waals surface area contributed by atoms with Crippen LogP contribution in [0.25, 0.3) is 0 Å². The molecule has 0 aliphatic rings. The second-order valence-electron chi connectivity index (χ2n) is 3.66. The first kappa shape index (κ1) is 11.9. The average Bonchev–Trinajstić information content (AvgIpc) is 2.04. The van der Waals surface area contributed by atoms with E-state index in [4.69, 9.17) is 0 Å². The summed E-state index contributed by atoms with van der Waals surface area (Å²) in [5.74, 6) is 0. The number of nitrogens with zero attached hydrogens (tertiary/aromatic N) is 1. The summed E-state index contributed by atoms with van der Waals surface area (Å²) < 4.78 is 0. The van der Waals surface area contributed by atoms with Crippen molar-refractivity contribution in [1.82, 2.24) is 5.06 Å². The minimum Gasteiger partial charge on any atom is -0.313 e. The van der Waals surface area contributed by atoms with Gasteiger partial charge in [-0.05, 0) is 26.7 Å². The van der Waals surface area contributed by atoms with Crippen molar-refractivity contribution in [3.05, 3.63) is 0 Å². The zero-order chi connectivity index (χ0) is 9.56. The molecule has 0 aliphatic carbocycles. The van der Waals surface area contributed by atoms with Crippen LogP contribution in [0.1, 0.15) is 53.4 Å². The summed E-state index contributed by atoms with van der Waals surface area (Å²) in [4.78, 5) is 0. The zero-order valence-electron chi connectivity index (χ0n) is 8.88. The Morgan fingerprint density at radius 1 is 1.00 bits per heavy atom. The predicted molar refractivity (Wildman–Crippen MR) is 52.4 cm³/mol. The van der Waals surface area contributed by atoms with Crippen LogP contribution in [0.2, 0.25) is 0 Å². The smallest absolute Gasteiger partial charge is 0.0325 e. The van der Waals surface area contributed by atoms with Crippen LogP contribution in [0, 0.1) is 0 Å². The fraction of sp³-hybridized carbons (Fsp3) is 1.00. The Morgan fingerprint density at radius 3 is 1.58 bits per heavy atom. The van der Waals surface area contributed by atoms with Crippen LogP contribution in [0.5, 0.6) is 0 Å². The summed E-state index contributed by atoms with van der Waals surface area (Å²) >= 11 is 0. The third-order valence-corrected chi connectivity index (χ3v) is 2.32. The summed E-state index contributed by atoms with van der Waals surface area (Å²) in [7, 11) is 0. The highest BCUT2D eigenvalue weighted by atomic mass is 16.5. The minimum atomic E-state index is 0.302. The van der Waals surface area contributed by atoms with Gasteiger partial charge >= 0.3 is 0 Å². The molecular weight excluding hydrogens is 150 g/mol. The quantitative estimate of drug-likeness (QED) is 0.624. The van der Waals surface area contributed by atoms with Crippen LogP contribution in [0.4, 0.5) is 0 Å². The van der Waals surface area contributed by atoms with Crippen molar-refractivity contribution in [3.8, 4) is 0 Å². The highest BCUT2D eigenvalue weighted by Crippen LogP contribution is 2.11. The molecule has 1 N–H and O–H groups in total. The van der Waals surface area contributed by atoms with Crippen LogP contribution in [0.3, 0.4) is 0 Å². The lowest BCUT2D eigenvalue weighted by Crippen LogP contribution is -2.37. The van der Waals surface area contributed by atoms with Gasteiger partial charge < -0.3 is 5.21 Å². The molecule has 2 nitrogen and oxygen atoms in total. The molecule has 0 aromatic rings. The largest absolute Gasteiger partial charge is 0.313 e. The molecule has 74 valence electrons. The van der Waals surface area contributed by atoms with E-state index < -0.39 is 0 Å². The van der Waals surface area contributed by atoms with Gasteiger partial charge in [0.2, 0.25) is 0 Å². The molecule has 0 amide bonds. The Morgan fingerprint density at radius 2 is 1.33 bits per heavy atom. The molecule has 0 aromatic carbocycles. The fourth-order valence-electron chi connectivity index (χ4n) is 1.53. The molecule has 0 saturated heterocycles. The van der Waals surface area contributed by atoms with Gasteiger partial charge in [0, 0.05) is 12.1 Å². The first-order chi connectivity index (χ1) is 5.63. The molecule has 2 unspecified atom stereocenters. The molecule has 0 saturated carbocycles. The highest BCUT2D eigenvalue weighted by Gasteiger charge is 2.15. The summed E-state index contributed by atoms with van der Waals surface area (Å²) in [6, 6.07) is 0.605. The van der Waals surface area contributed by atoms with Crippen LogP contribution < -0.4 is 0 Å². The maximum Gasteiger partial charge on any atom is 0.0325 e. The van der Waals surface area contributed by atoms with Gasteiger partial charge in [-0.2, -0.15) is 5.06 Å². The highest BCUT2D eigenvalue weighted by molar-refractivity contribution is 4.64. The van der Waals surface area contributed by atoms with Gasteiger partial charge in [-0.3, -0.25) is 0 Å². The van der Waals surface area contributed by atoms with Crippen LogP contribution in [-0.2, 0) is 0 Å². The van der Waals surface area contributed by atoms with Gasteiger partial charge in [-0.15, -0.1) is 0 Å². The minimum absolute atomic E-state index is 0.302. The lowest BCUT2D eigenvalue weighted by Gasteiger charge is -2.28. The Hall–Kier alpha value is -0.0800. The van der Waals surface area contributed by atoms with Crippen LogP contribution in [-0.4, -0.2) is 22.4 Å². The van der Waals surface area contributed by atoms with E-state index in [0.717, 1.165) is 25.7 Å². The van der Waals surface area contributed by atoms with Crippen molar-refractivity contribution >= 4 is 0 Å². The van der Waals surface area contributed by atoms with Crippen molar-refractivity contribution in [2.24, 2.45) is 0 Å². The maximum atomic E-state index is 9.68. The third kappa shape index (κ3) is 4.07. The predicted octanol–water partition coefficient (Wildman–Crippen LogP) is 3.05. The standard InChI is InChI=1S/C10H23NO/c1-5-7-9(3)11(12)10(4)8-6-2/h9-10,12H,5-8H2,1-4H3. The molecule has 0 fully saturated rings. The van der Waals surface area contributed by atoms with Gasteiger partial charge in [0.05, 0.1) is 0 Å². The monoisotopic (exact) mass is 173 g/mol. The van der Waals surface area contributed by atoms with E-state index in [1.54, 1.807) is 0 Å². The van der Waals surface area contributed by atoms with E-state index in [-0.39, 0.29) is 0 Å². The lowest BCUT2D eigenvalue weighted by atomic mass is 10.1. The van der Waals surface area contributed by atoms with E-state index in [0.29, 0.717) is 12.1 Å². The Labute approximate surface area is 76.5 Å². The molecule has 0 heterocycles. The second kappa shape index (κ2) is 6.44. The first-order valence-electron chi connectivity index (χ1n) is 5.10. The number of rotatable bonds is 6.